The minimum Gasteiger partial charge on any atom is -0.479 e. The molecule has 0 aliphatic rings. The lowest BCUT2D eigenvalue weighted by molar-refractivity contribution is -0.262. The molecule has 0 aromatic rings. The highest BCUT2D eigenvalue weighted by molar-refractivity contribution is 5.72. The van der Waals surface area contributed by atoms with Gasteiger partial charge in [-0.2, -0.15) is 0 Å². The Morgan fingerprint density at radius 2 is 2.00 bits per heavy atom. The van der Waals surface area contributed by atoms with Gasteiger partial charge in [-0.05, 0) is 0 Å². The molecule has 0 saturated carbocycles. The van der Waals surface area contributed by atoms with Crippen LogP contribution in [0.3, 0.4) is 0 Å². The van der Waals surface area contributed by atoms with Gasteiger partial charge in [0.1, 0.15) is 12.7 Å². The number of aliphatic hydroxyl groups excluding tert-OH is 2. The fourth-order valence-corrected chi connectivity index (χ4v) is 0.332. The predicted molar refractivity (Wildman–Crippen MR) is 28.2 cm³/mol. The van der Waals surface area contributed by atoms with Gasteiger partial charge >= 0.3 is 5.97 Å². The third-order valence-corrected chi connectivity index (χ3v) is 0.863. The fourth-order valence-electron chi connectivity index (χ4n) is 0.332. The van der Waals surface area contributed by atoms with E-state index in [9.17, 15) is 4.79 Å². The summed E-state index contributed by atoms with van der Waals surface area (Å²) in [7, 11) is 0. The number of aliphatic carboxylic acids is 1. The van der Waals surface area contributed by atoms with Crippen LogP contribution in [0.1, 0.15) is 0 Å². The highest BCUT2D eigenvalue weighted by Gasteiger charge is 2.23. The van der Waals surface area contributed by atoms with Crippen molar-refractivity contribution in [2.24, 2.45) is 0 Å². The summed E-state index contributed by atoms with van der Waals surface area (Å²) < 4.78 is 0. The van der Waals surface area contributed by atoms with Crippen LogP contribution in [-0.2, 0) is 9.68 Å². The van der Waals surface area contributed by atoms with Crippen LogP contribution in [0.25, 0.3) is 0 Å². The summed E-state index contributed by atoms with van der Waals surface area (Å²) in [6, 6.07) is 0. The van der Waals surface area contributed by atoms with Gasteiger partial charge in [0.25, 0.3) is 0 Å². The van der Waals surface area contributed by atoms with Crippen molar-refractivity contribution in [2.45, 2.75) is 12.2 Å². The minimum absolute atomic E-state index is 0.631. The number of hydrogen-bond donors (Lipinski definition) is 4. The summed E-state index contributed by atoms with van der Waals surface area (Å²) in [6.07, 6.45) is -3.53. The Hall–Kier alpha value is -0.690. The summed E-state index contributed by atoms with van der Waals surface area (Å²) in [5.41, 5.74) is 0. The van der Waals surface area contributed by atoms with E-state index in [-0.39, 0.29) is 0 Å². The van der Waals surface area contributed by atoms with Gasteiger partial charge in [0, 0.05) is 0 Å². The van der Waals surface area contributed by atoms with Crippen LogP contribution < -0.4 is 0 Å². The quantitative estimate of drug-likeness (QED) is 0.282. The van der Waals surface area contributed by atoms with Gasteiger partial charge in [-0.1, -0.05) is 0 Å². The van der Waals surface area contributed by atoms with E-state index in [1.165, 1.54) is 0 Å². The lowest BCUT2D eigenvalue weighted by atomic mass is 10.2. The summed E-state index contributed by atoms with van der Waals surface area (Å²) >= 11 is 0. The molecule has 60 valence electrons. The first kappa shape index (κ1) is 9.31. The maximum absolute atomic E-state index is 9.87. The molecule has 0 aliphatic heterocycles. The molecule has 0 fully saturated rings. The smallest absolute Gasteiger partial charge is 0.335 e. The van der Waals surface area contributed by atoms with E-state index >= 15 is 0 Å². The van der Waals surface area contributed by atoms with E-state index in [4.69, 9.17) is 20.6 Å². The van der Waals surface area contributed by atoms with Crippen molar-refractivity contribution in [3.05, 3.63) is 0 Å². The van der Waals surface area contributed by atoms with E-state index in [2.05, 4.69) is 4.89 Å². The van der Waals surface area contributed by atoms with Gasteiger partial charge in [-0.25, -0.2) is 9.68 Å². The van der Waals surface area contributed by atoms with Crippen molar-refractivity contribution in [3.8, 4) is 0 Å². The first-order valence-corrected chi connectivity index (χ1v) is 2.45. The van der Waals surface area contributed by atoms with Crippen LogP contribution in [0.5, 0.6) is 0 Å². The van der Waals surface area contributed by atoms with E-state index < -0.39 is 24.8 Å². The van der Waals surface area contributed by atoms with Crippen LogP contribution in [0.2, 0.25) is 0 Å². The number of carbonyl (C=O) groups is 1. The number of carboxylic acid groups (broad SMARTS) is 1. The van der Waals surface area contributed by atoms with Crippen molar-refractivity contribution in [3.63, 3.8) is 0 Å². The van der Waals surface area contributed by atoms with Gasteiger partial charge in [-0.3, -0.25) is 5.26 Å². The average Bonchev–Trinajstić information content (AvgIpc) is 1.87. The van der Waals surface area contributed by atoms with Gasteiger partial charge in [0.2, 0.25) is 0 Å². The number of hydrogen-bond acceptors (Lipinski definition) is 5. The van der Waals surface area contributed by atoms with Gasteiger partial charge in [0.15, 0.2) is 6.10 Å². The summed E-state index contributed by atoms with van der Waals surface area (Å²) in [4.78, 5) is 13.3. The lowest BCUT2D eigenvalue weighted by Gasteiger charge is -2.10. The summed E-state index contributed by atoms with van der Waals surface area (Å²) in [6.45, 7) is -0.631. The number of rotatable bonds is 4. The molecule has 0 aliphatic carbocycles. The molecule has 0 aromatic heterocycles. The van der Waals surface area contributed by atoms with Crippen LogP contribution >= 0.6 is 0 Å². The topological polar surface area (TPSA) is 107 Å². The maximum Gasteiger partial charge on any atom is 0.335 e. The molecule has 4 N–H and O–H groups in total. The Morgan fingerprint density at radius 1 is 1.50 bits per heavy atom. The zero-order valence-electron chi connectivity index (χ0n) is 4.97. The predicted octanol–water partition coefficient (Wildman–Crippen LogP) is -1.72. The van der Waals surface area contributed by atoms with Gasteiger partial charge in [0.05, 0.1) is 0 Å². The molecule has 0 heterocycles. The highest BCUT2D eigenvalue weighted by atomic mass is 17.1. The molecule has 2 atom stereocenters. The molecule has 6 heteroatoms. The van der Waals surface area contributed by atoms with Crippen molar-refractivity contribution >= 4 is 5.97 Å². The average molecular weight is 152 g/mol. The monoisotopic (exact) mass is 152 g/mol. The Labute approximate surface area is 56.2 Å². The first-order valence-electron chi connectivity index (χ1n) is 2.45. The molecule has 0 rings (SSSR count). The van der Waals surface area contributed by atoms with E-state index in [0.717, 1.165) is 0 Å². The zero-order valence-corrected chi connectivity index (χ0v) is 4.97. The van der Waals surface area contributed by atoms with Crippen molar-refractivity contribution in [1.82, 2.24) is 0 Å². The third kappa shape index (κ3) is 2.74. The summed E-state index contributed by atoms with van der Waals surface area (Å²) in [5, 5.41) is 32.8. The molecule has 0 amide bonds. The van der Waals surface area contributed by atoms with Gasteiger partial charge < -0.3 is 15.3 Å². The molecule has 6 nitrogen and oxygen atoms in total. The van der Waals surface area contributed by atoms with Crippen molar-refractivity contribution < 1.29 is 30.3 Å². The molecule has 0 radical (unpaired) electrons. The molecular formula is C4H8O6. The molecule has 0 saturated heterocycles. The SMILES string of the molecule is O=C(O)[C@H](O)[C@@H](O)COO. The first-order chi connectivity index (χ1) is 4.59. The third-order valence-electron chi connectivity index (χ3n) is 0.863. The minimum atomic E-state index is -1.92. The maximum atomic E-state index is 9.87. The van der Waals surface area contributed by atoms with Crippen LogP contribution in [0.15, 0.2) is 0 Å². The van der Waals surface area contributed by atoms with Crippen LogP contribution in [0.4, 0.5) is 0 Å². The second-order valence-corrected chi connectivity index (χ2v) is 1.65. The van der Waals surface area contributed by atoms with E-state index in [0.29, 0.717) is 0 Å². The Kier molecular flexibility index (Phi) is 3.89. The van der Waals surface area contributed by atoms with E-state index in [1.807, 2.05) is 0 Å². The van der Waals surface area contributed by atoms with Gasteiger partial charge in [-0.15, -0.1) is 0 Å². The Morgan fingerprint density at radius 3 is 2.30 bits per heavy atom. The summed E-state index contributed by atoms with van der Waals surface area (Å²) in [5.74, 6) is -1.57. The van der Waals surface area contributed by atoms with Crippen molar-refractivity contribution in [2.75, 3.05) is 6.61 Å². The lowest BCUT2D eigenvalue weighted by Crippen LogP contribution is -2.36. The molecule has 0 aromatic carbocycles. The largest absolute Gasteiger partial charge is 0.479 e. The Balaban J connectivity index is 3.69. The Bertz CT molecular complexity index is 112. The van der Waals surface area contributed by atoms with Crippen molar-refractivity contribution in [1.29, 1.82) is 0 Å². The number of aliphatic hydroxyl groups is 2. The fraction of sp³-hybridized carbons (Fsp3) is 0.750. The molecule has 0 bridgehead atoms. The second kappa shape index (κ2) is 4.18. The molecular weight excluding hydrogens is 144 g/mol. The van der Waals surface area contributed by atoms with Crippen LogP contribution in [-0.4, -0.2) is 45.4 Å². The van der Waals surface area contributed by atoms with Crippen LogP contribution in [0, 0.1) is 0 Å². The molecule has 0 spiro atoms. The zero-order chi connectivity index (χ0) is 8.15. The molecule has 0 unspecified atom stereocenters. The normalized spacial score (nSPS) is 16.3. The standard InChI is InChI=1S/C4H8O6/c5-2(1-10-9)3(6)4(7)8/h2-3,5-6,9H,1H2,(H,7,8)/t2-,3+/m0/s1. The second-order valence-electron chi connectivity index (χ2n) is 1.65. The van der Waals surface area contributed by atoms with E-state index in [1.54, 1.807) is 0 Å². The highest BCUT2D eigenvalue weighted by Crippen LogP contribution is 1.92. The molecule has 10 heavy (non-hydrogen) atoms. The number of carboxylic acids is 1.